The Hall–Kier alpha value is -2.53. The number of methoxy groups -OCH3 is 1. The van der Waals surface area contributed by atoms with E-state index in [1.807, 2.05) is 13.0 Å². The molecule has 0 atom stereocenters. The Bertz CT molecular complexity index is 786. The van der Waals surface area contributed by atoms with Gasteiger partial charge in [0.25, 0.3) is 0 Å². The zero-order valence-corrected chi connectivity index (χ0v) is 16.1. The summed E-state index contributed by atoms with van der Waals surface area (Å²) in [6.07, 6.45) is 1.17. The average molecular weight is 357 g/mol. The van der Waals surface area contributed by atoms with Gasteiger partial charge in [-0.15, -0.1) is 0 Å². The Morgan fingerprint density at radius 3 is 2.46 bits per heavy atom. The lowest BCUT2D eigenvalue weighted by Gasteiger charge is -2.21. The van der Waals surface area contributed by atoms with Gasteiger partial charge in [0.15, 0.2) is 0 Å². The van der Waals surface area contributed by atoms with Crippen LogP contribution in [0, 0.1) is 13.8 Å². The standard InChI is InChI=1S/C21H27NO4/c1-6-16-11-15(4)20(12-14(16)3)26-13-17-18(22(24)21(23)7-2)9-8-10-19(17)25-5/h8-12,24H,6-7,13H2,1-5H3. The smallest absolute Gasteiger partial charge is 0.250 e. The number of carbonyl (C=O) groups is 1. The van der Waals surface area contributed by atoms with E-state index in [2.05, 4.69) is 19.9 Å². The van der Waals surface area contributed by atoms with E-state index in [-0.39, 0.29) is 18.9 Å². The van der Waals surface area contributed by atoms with E-state index >= 15 is 0 Å². The summed E-state index contributed by atoms with van der Waals surface area (Å²) in [4.78, 5) is 11.9. The molecule has 5 heteroatoms. The molecular formula is C21H27NO4. The van der Waals surface area contributed by atoms with Crippen molar-refractivity contribution in [1.29, 1.82) is 0 Å². The Kier molecular flexibility index (Phi) is 6.64. The summed E-state index contributed by atoms with van der Waals surface area (Å²) in [5, 5.41) is 10.9. The minimum atomic E-state index is -0.390. The minimum absolute atomic E-state index is 0.180. The third-order valence-electron chi connectivity index (χ3n) is 4.48. The first-order chi connectivity index (χ1) is 12.4. The van der Waals surface area contributed by atoms with Crippen molar-refractivity contribution in [2.45, 2.75) is 47.1 Å². The molecule has 5 nitrogen and oxygen atoms in total. The van der Waals surface area contributed by atoms with Crippen LogP contribution in [0.15, 0.2) is 30.3 Å². The maximum Gasteiger partial charge on any atom is 0.250 e. The van der Waals surface area contributed by atoms with Gasteiger partial charge < -0.3 is 9.47 Å². The van der Waals surface area contributed by atoms with Crippen molar-refractivity contribution in [2.24, 2.45) is 0 Å². The summed E-state index contributed by atoms with van der Waals surface area (Å²) in [6, 6.07) is 9.34. The SMILES string of the molecule is CCC(=O)N(O)c1cccc(OC)c1COc1cc(C)c(CC)cc1C. The second-order valence-electron chi connectivity index (χ2n) is 6.20. The van der Waals surface area contributed by atoms with E-state index in [0.29, 0.717) is 22.1 Å². The van der Waals surface area contributed by atoms with Crippen LogP contribution < -0.4 is 14.5 Å². The first-order valence-electron chi connectivity index (χ1n) is 8.83. The molecule has 0 aromatic heterocycles. The van der Waals surface area contributed by atoms with E-state index in [1.54, 1.807) is 32.2 Å². The largest absolute Gasteiger partial charge is 0.496 e. The molecule has 1 amide bonds. The molecule has 140 valence electrons. The van der Waals surface area contributed by atoms with E-state index < -0.39 is 0 Å². The Morgan fingerprint density at radius 2 is 1.85 bits per heavy atom. The van der Waals surface area contributed by atoms with E-state index in [4.69, 9.17) is 9.47 Å². The highest BCUT2D eigenvalue weighted by molar-refractivity contribution is 5.91. The third kappa shape index (κ3) is 4.17. The first kappa shape index (κ1) is 19.8. The number of hydrogen-bond donors (Lipinski definition) is 1. The molecule has 2 rings (SSSR count). The number of hydroxylamine groups is 1. The van der Waals surface area contributed by atoms with E-state index in [9.17, 15) is 10.0 Å². The van der Waals surface area contributed by atoms with Gasteiger partial charge in [0.2, 0.25) is 5.91 Å². The number of anilines is 1. The minimum Gasteiger partial charge on any atom is -0.496 e. The molecule has 1 N–H and O–H groups in total. The Morgan fingerprint density at radius 1 is 1.12 bits per heavy atom. The van der Waals surface area contributed by atoms with Gasteiger partial charge in [-0.2, -0.15) is 5.06 Å². The summed E-state index contributed by atoms with van der Waals surface area (Å²) in [5.74, 6) is 0.951. The van der Waals surface area contributed by atoms with Crippen molar-refractivity contribution in [3.8, 4) is 11.5 Å². The number of ether oxygens (including phenoxy) is 2. The van der Waals surface area contributed by atoms with Gasteiger partial charge in [-0.25, -0.2) is 0 Å². The second-order valence-corrected chi connectivity index (χ2v) is 6.20. The summed E-state index contributed by atoms with van der Waals surface area (Å²) >= 11 is 0. The Balaban J connectivity index is 2.34. The quantitative estimate of drug-likeness (QED) is 0.582. The fourth-order valence-electron chi connectivity index (χ4n) is 2.91. The molecule has 0 aliphatic heterocycles. The highest BCUT2D eigenvalue weighted by Gasteiger charge is 2.19. The summed E-state index contributed by atoms with van der Waals surface area (Å²) in [5.41, 5.74) is 4.52. The van der Waals surface area contributed by atoms with Gasteiger partial charge in [0.1, 0.15) is 18.1 Å². The van der Waals surface area contributed by atoms with Gasteiger partial charge in [-0.05, 0) is 55.2 Å². The molecule has 26 heavy (non-hydrogen) atoms. The van der Waals surface area contributed by atoms with Gasteiger partial charge in [0.05, 0.1) is 18.4 Å². The molecule has 0 aliphatic carbocycles. The van der Waals surface area contributed by atoms with Gasteiger partial charge in [-0.1, -0.05) is 26.0 Å². The highest BCUT2D eigenvalue weighted by Crippen LogP contribution is 2.31. The second kappa shape index (κ2) is 8.72. The lowest BCUT2D eigenvalue weighted by Crippen LogP contribution is -2.27. The van der Waals surface area contributed by atoms with Crippen LogP contribution in [0.2, 0.25) is 0 Å². The summed E-state index contributed by atoms with van der Waals surface area (Å²) in [6.45, 7) is 8.08. The number of rotatable bonds is 7. The number of aryl methyl sites for hydroxylation is 3. The highest BCUT2D eigenvalue weighted by atomic mass is 16.5. The van der Waals surface area contributed by atoms with E-state index in [0.717, 1.165) is 17.7 Å². The van der Waals surface area contributed by atoms with Crippen LogP contribution >= 0.6 is 0 Å². The number of benzene rings is 2. The molecule has 0 aliphatic rings. The van der Waals surface area contributed by atoms with Crippen LogP contribution in [0.1, 0.15) is 42.5 Å². The van der Waals surface area contributed by atoms with Crippen molar-refractivity contribution < 1.29 is 19.5 Å². The maximum absolute atomic E-state index is 11.9. The third-order valence-corrected chi connectivity index (χ3v) is 4.48. The molecule has 0 spiro atoms. The summed E-state index contributed by atoms with van der Waals surface area (Å²) in [7, 11) is 1.55. The zero-order chi connectivity index (χ0) is 19.3. The molecule has 0 saturated heterocycles. The fourth-order valence-corrected chi connectivity index (χ4v) is 2.91. The number of nitrogens with zero attached hydrogens (tertiary/aromatic N) is 1. The molecule has 0 unspecified atom stereocenters. The van der Waals surface area contributed by atoms with Crippen LogP contribution in [-0.2, 0) is 17.8 Å². The molecule has 0 bridgehead atoms. The van der Waals surface area contributed by atoms with Crippen LogP contribution in [0.4, 0.5) is 5.69 Å². The molecule has 0 radical (unpaired) electrons. The zero-order valence-electron chi connectivity index (χ0n) is 16.1. The Labute approximate surface area is 155 Å². The first-order valence-corrected chi connectivity index (χ1v) is 8.83. The van der Waals surface area contributed by atoms with Crippen LogP contribution in [-0.4, -0.2) is 18.2 Å². The predicted octanol–water partition coefficient (Wildman–Crippen LogP) is 4.59. The van der Waals surface area contributed by atoms with E-state index in [1.165, 1.54) is 11.1 Å². The monoisotopic (exact) mass is 357 g/mol. The number of hydrogen-bond acceptors (Lipinski definition) is 4. The average Bonchev–Trinajstić information content (AvgIpc) is 2.66. The molecule has 2 aromatic rings. The van der Waals surface area contributed by atoms with Gasteiger partial charge >= 0.3 is 0 Å². The van der Waals surface area contributed by atoms with Crippen molar-refractivity contribution in [2.75, 3.05) is 12.2 Å². The van der Waals surface area contributed by atoms with Gasteiger partial charge in [0, 0.05) is 6.42 Å². The van der Waals surface area contributed by atoms with Crippen molar-refractivity contribution in [3.63, 3.8) is 0 Å². The number of carbonyl (C=O) groups excluding carboxylic acids is 1. The normalized spacial score (nSPS) is 10.5. The predicted molar refractivity (Wildman–Crippen MR) is 102 cm³/mol. The molecule has 0 heterocycles. The van der Waals surface area contributed by atoms with Gasteiger partial charge in [-0.3, -0.25) is 10.0 Å². The molecule has 0 saturated carbocycles. The van der Waals surface area contributed by atoms with Crippen LogP contribution in [0.5, 0.6) is 11.5 Å². The van der Waals surface area contributed by atoms with Crippen molar-refractivity contribution >= 4 is 11.6 Å². The molecule has 2 aromatic carbocycles. The molecule has 0 fully saturated rings. The topological polar surface area (TPSA) is 59.0 Å². The summed E-state index contributed by atoms with van der Waals surface area (Å²) < 4.78 is 11.4. The lowest BCUT2D eigenvalue weighted by atomic mass is 10.0. The van der Waals surface area contributed by atoms with Crippen molar-refractivity contribution in [1.82, 2.24) is 0 Å². The maximum atomic E-state index is 11.9. The van der Waals surface area contributed by atoms with Crippen LogP contribution in [0.3, 0.4) is 0 Å². The molecular weight excluding hydrogens is 330 g/mol. The number of amides is 1. The fraction of sp³-hybridized carbons (Fsp3) is 0.381. The van der Waals surface area contributed by atoms with Crippen LogP contribution in [0.25, 0.3) is 0 Å². The van der Waals surface area contributed by atoms with Crippen molar-refractivity contribution in [3.05, 3.63) is 52.6 Å². The lowest BCUT2D eigenvalue weighted by molar-refractivity contribution is -0.123.